The van der Waals surface area contributed by atoms with Crippen LogP contribution in [0.5, 0.6) is 0 Å². The minimum Gasteiger partial charge on any atom is -0.378 e. The fourth-order valence-corrected chi connectivity index (χ4v) is 12.0. The molecule has 0 heterocycles. The van der Waals surface area contributed by atoms with Crippen molar-refractivity contribution in [2.24, 2.45) is 63.5 Å². The molecular weight excluding hydrogens is 633 g/mol. The van der Waals surface area contributed by atoms with E-state index >= 15 is 0 Å². The Morgan fingerprint density at radius 2 is 1.29 bits per heavy atom. The number of hydrogen-bond donors (Lipinski definition) is 4. The number of nitrogens with two attached hydrogens (primary N) is 3. The van der Waals surface area contributed by atoms with Crippen LogP contribution in [0, 0.1) is 46.3 Å². The fourth-order valence-electron chi connectivity index (χ4n) is 12.0. The van der Waals surface area contributed by atoms with Gasteiger partial charge in [0.25, 0.3) is 0 Å². The third-order valence-electron chi connectivity index (χ3n) is 15.0. The molecule has 51 heavy (non-hydrogen) atoms. The van der Waals surface area contributed by atoms with E-state index in [2.05, 4.69) is 33.0 Å². The average molecular weight is 719 g/mol. The zero-order valence-electron chi connectivity index (χ0n) is 34.2. The van der Waals surface area contributed by atoms with Crippen LogP contribution in [0.3, 0.4) is 0 Å². The van der Waals surface area contributed by atoms with E-state index in [1.165, 1.54) is 116 Å². The number of ether oxygens (including phenoxy) is 3. The zero-order chi connectivity index (χ0) is 36.5. The number of fused-ring (bicyclic) bond motifs is 5. The second-order valence-electron chi connectivity index (χ2n) is 18.2. The van der Waals surface area contributed by atoms with E-state index in [9.17, 15) is 0 Å². The number of hydrogen-bond acceptors (Lipinski definition) is 7. The van der Waals surface area contributed by atoms with Crippen LogP contribution in [0.25, 0.3) is 0 Å². The molecule has 4 rings (SSSR count). The van der Waals surface area contributed by atoms with Crippen LogP contribution >= 0.6 is 0 Å². The average Bonchev–Trinajstić information content (AvgIpc) is 3.49. The molecule has 4 aliphatic rings. The van der Waals surface area contributed by atoms with Gasteiger partial charge in [0.1, 0.15) is 0 Å². The maximum atomic E-state index is 7.05. The van der Waals surface area contributed by atoms with Gasteiger partial charge >= 0.3 is 0 Å². The molecule has 0 radical (unpaired) electrons. The largest absolute Gasteiger partial charge is 0.378 e. The molecule has 4 aliphatic carbocycles. The molecule has 4 fully saturated rings. The summed E-state index contributed by atoms with van der Waals surface area (Å²) in [7, 11) is 0. The topological polar surface area (TPSA) is 118 Å². The first-order valence-corrected chi connectivity index (χ1v) is 22.5. The van der Waals surface area contributed by atoms with Crippen LogP contribution in [-0.2, 0) is 14.2 Å². The van der Waals surface area contributed by atoms with Gasteiger partial charge in [0.2, 0.25) is 0 Å². The normalized spacial score (nSPS) is 35.4. The standard InChI is InChI=1S/C44H86N4O3/c1-5-6-7-8-9-10-11-12-13-26-48-27-14-18-34(2)37-19-20-38-42-39(33-41(44(37,38)4)51-30-17-25-47)43(3)22-21-36(49-28-15-23-45)31-35(43)32-40(42)50-29-16-24-46/h34-42,48H,5-33,45-47H2,1-4H3/t34?,35-,36+,37?,38-,39-,40+,41-,42-,43-,44+/m0/s1. The van der Waals surface area contributed by atoms with Gasteiger partial charge in [-0.15, -0.1) is 0 Å². The van der Waals surface area contributed by atoms with Gasteiger partial charge in [0.05, 0.1) is 18.3 Å². The van der Waals surface area contributed by atoms with Crippen LogP contribution in [0.15, 0.2) is 0 Å². The molecule has 2 unspecified atom stereocenters. The highest BCUT2D eigenvalue weighted by atomic mass is 16.5. The van der Waals surface area contributed by atoms with Crippen LogP contribution in [-0.4, -0.2) is 70.9 Å². The quantitative estimate of drug-likeness (QED) is 0.0629. The van der Waals surface area contributed by atoms with Crippen molar-refractivity contribution in [2.45, 2.75) is 181 Å². The molecule has 0 saturated heterocycles. The first-order valence-electron chi connectivity index (χ1n) is 22.5. The molecule has 0 aromatic carbocycles. The summed E-state index contributed by atoms with van der Waals surface area (Å²) in [6, 6.07) is 0. The monoisotopic (exact) mass is 719 g/mol. The van der Waals surface area contributed by atoms with Crippen molar-refractivity contribution in [3.63, 3.8) is 0 Å². The Morgan fingerprint density at radius 3 is 1.98 bits per heavy atom. The molecule has 0 spiro atoms. The van der Waals surface area contributed by atoms with Crippen LogP contribution in [0.4, 0.5) is 0 Å². The van der Waals surface area contributed by atoms with Crippen LogP contribution in [0.1, 0.15) is 163 Å². The highest BCUT2D eigenvalue weighted by molar-refractivity contribution is 5.15. The predicted octanol–water partition coefficient (Wildman–Crippen LogP) is 8.60. The third kappa shape index (κ3) is 11.6. The van der Waals surface area contributed by atoms with E-state index in [4.69, 9.17) is 31.4 Å². The van der Waals surface area contributed by atoms with Crippen molar-refractivity contribution >= 4 is 0 Å². The summed E-state index contributed by atoms with van der Waals surface area (Å²) in [5, 5.41) is 3.80. The fraction of sp³-hybridized carbons (Fsp3) is 1.00. The lowest BCUT2D eigenvalue weighted by molar-refractivity contribution is -0.227. The highest BCUT2D eigenvalue weighted by Gasteiger charge is 2.66. The minimum absolute atomic E-state index is 0.181. The van der Waals surface area contributed by atoms with Crippen molar-refractivity contribution in [1.29, 1.82) is 0 Å². The van der Waals surface area contributed by atoms with Gasteiger partial charge in [-0.2, -0.15) is 0 Å². The van der Waals surface area contributed by atoms with Gasteiger partial charge in [-0.1, -0.05) is 79.1 Å². The maximum Gasteiger partial charge on any atom is 0.0637 e. The summed E-state index contributed by atoms with van der Waals surface area (Å²) >= 11 is 0. The number of unbranched alkanes of at least 4 members (excludes halogenated alkanes) is 8. The molecule has 0 aromatic rings. The third-order valence-corrected chi connectivity index (χ3v) is 15.0. The smallest absolute Gasteiger partial charge is 0.0637 e. The molecule has 7 heteroatoms. The summed E-state index contributed by atoms with van der Waals surface area (Å²) in [5.41, 5.74) is 18.3. The predicted molar refractivity (Wildman–Crippen MR) is 215 cm³/mol. The first-order chi connectivity index (χ1) is 24.8. The van der Waals surface area contributed by atoms with E-state index in [1.54, 1.807) is 0 Å². The summed E-state index contributed by atoms with van der Waals surface area (Å²) in [6.45, 7) is 17.0. The Bertz CT molecular complexity index is 925. The van der Waals surface area contributed by atoms with Crippen molar-refractivity contribution in [3.8, 4) is 0 Å². The van der Waals surface area contributed by atoms with E-state index in [0.29, 0.717) is 78.9 Å². The lowest BCUT2D eigenvalue weighted by Crippen LogP contribution is -2.63. The second kappa shape index (κ2) is 22.9. The Balaban J connectivity index is 1.38. The van der Waals surface area contributed by atoms with Gasteiger partial charge in [0, 0.05) is 25.2 Å². The van der Waals surface area contributed by atoms with Gasteiger partial charge in [-0.25, -0.2) is 0 Å². The van der Waals surface area contributed by atoms with Gasteiger partial charge in [-0.05, 0) is 157 Å². The molecule has 11 atom stereocenters. The van der Waals surface area contributed by atoms with E-state index in [1.807, 2.05) is 0 Å². The molecule has 7 N–H and O–H groups in total. The Morgan fingerprint density at radius 1 is 0.667 bits per heavy atom. The van der Waals surface area contributed by atoms with Crippen molar-refractivity contribution < 1.29 is 14.2 Å². The SMILES string of the molecule is CCCCCCCCCCCNCCCC(C)C1CC[C@H]2[C@@H]3[C@H](OCCCN)C[C@@H]4C[C@H](OCCCN)CC[C@]4(C)[C@H]3C[C@H](OCCCN)[C@]12C. The van der Waals surface area contributed by atoms with E-state index in [0.717, 1.165) is 52.0 Å². The molecule has 0 aliphatic heterocycles. The highest BCUT2D eigenvalue weighted by Crippen LogP contribution is 2.69. The summed E-state index contributed by atoms with van der Waals surface area (Å²) in [4.78, 5) is 0. The lowest BCUT2D eigenvalue weighted by Gasteiger charge is -2.65. The Labute approximate surface area is 315 Å². The van der Waals surface area contributed by atoms with E-state index < -0.39 is 0 Å². The zero-order valence-corrected chi connectivity index (χ0v) is 34.2. The lowest BCUT2D eigenvalue weighted by atomic mass is 9.43. The number of nitrogens with one attached hydrogen (secondary N) is 1. The molecule has 4 saturated carbocycles. The van der Waals surface area contributed by atoms with Crippen molar-refractivity contribution in [2.75, 3.05) is 52.5 Å². The second-order valence-corrected chi connectivity index (χ2v) is 18.2. The van der Waals surface area contributed by atoms with E-state index in [-0.39, 0.29) is 5.41 Å². The Kier molecular flexibility index (Phi) is 19.5. The number of rotatable bonds is 27. The summed E-state index contributed by atoms with van der Waals surface area (Å²) in [5.74, 6) is 3.92. The summed E-state index contributed by atoms with van der Waals surface area (Å²) in [6.07, 6.45) is 27.6. The van der Waals surface area contributed by atoms with Gasteiger partial charge in [-0.3, -0.25) is 0 Å². The Hall–Kier alpha value is -0.280. The van der Waals surface area contributed by atoms with Gasteiger partial charge < -0.3 is 36.7 Å². The molecular formula is C44H86N4O3. The minimum atomic E-state index is 0.181. The molecule has 0 amide bonds. The molecule has 0 bridgehead atoms. The van der Waals surface area contributed by atoms with Crippen LogP contribution in [0.2, 0.25) is 0 Å². The maximum absolute atomic E-state index is 7.05. The van der Waals surface area contributed by atoms with Gasteiger partial charge in [0.15, 0.2) is 0 Å². The van der Waals surface area contributed by atoms with Crippen LogP contribution < -0.4 is 22.5 Å². The first kappa shape index (κ1) is 43.4. The van der Waals surface area contributed by atoms with Crippen molar-refractivity contribution in [3.05, 3.63) is 0 Å². The summed E-state index contributed by atoms with van der Waals surface area (Å²) < 4.78 is 20.4. The molecule has 300 valence electrons. The molecule has 7 nitrogen and oxygen atoms in total. The molecule has 0 aromatic heterocycles. The van der Waals surface area contributed by atoms with Crippen molar-refractivity contribution in [1.82, 2.24) is 5.32 Å².